The van der Waals surface area contributed by atoms with Crippen LogP contribution in [-0.4, -0.2) is 58.5 Å². The zero-order valence-corrected chi connectivity index (χ0v) is 21.8. The minimum absolute atomic E-state index is 0.0516. The maximum absolute atomic E-state index is 13.6. The van der Waals surface area contributed by atoms with Gasteiger partial charge in [-0.1, -0.05) is 19.4 Å². The number of benzene rings is 2. The lowest BCUT2D eigenvalue weighted by molar-refractivity contribution is 0.0763. The van der Waals surface area contributed by atoms with Crippen LogP contribution < -0.4 is 14.9 Å². The number of hydrogen-bond donors (Lipinski definition) is 2. The van der Waals surface area contributed by atoms with Gasteiger partial charge in [-0.3, -0.25) is 9.52 Å². The molecule has 2 aromatic rings. The molecular formula is C27H38N4O3S. The van der Waals surface area contributed by atoms with Crippen LogP contribution in [-0.2, 0) is 22.9 Å². The van der Waals surface area contributed by atoms with E-state index in [9.17, 15) is 13.2 Å². The quantitative estimate of drug-likeness (QED) is 0.545. The van der Waals surface area contributed by atoms with Gasteiger partial charge in [-0.05, 0) is 80.5 Å². The molecular weight excluding hydrogens is 460 g/mol. The Balaban J connectivity index is 1.65. The fourth-order valence-electron chi connectivity index (χ4n) is 4.97. The van der Waals surface area contributed by atoms with E-state index in [4.69, 9.17) is 0 Å². The van der Waals surface area contributed by atoms with Crippen molar-refractivity contribution < 1.29 is 13.2 Å². The van der Waals surface area contributed by atoms with Crippen LogP contribution in [0.3, 0.4) is 0 Å². The van der Waals surface area contributed by atoms with Gasteiger partial charge in [0, 0.05) is 50.6 Å². The van der Waals surface area contributed by atoms with Gasteiger partial charge in [-0.2, -0.15) is 0 Å². The molecule has 0 unspecified atom stereocenters. The van der Waals surface area contributed by atoms with Crippen molar-refractivity contribution in [3.63, 3.8) is 0 Å². The van der Waals surface area contributed by atoms with Crippen LogP contribution in [0.15, 0.2) is 41.3 Å². The highest BCUT2D eigenvalue weighted by molar-refractivity contribution is 7.92. The Morgan fingerprint density at radius 1 is 1.03 bits per heavy atom. The summed E-state index contributed by atoms with van der Waals surface area (Å²) >= 11 is 0. The van der Waals surface area contributed by atoms with Crippen molar-refractivity contribution in [2.75, 3.05) is 48.9 Å². The number of aryl methyl sites for hydroxylation is 2. The first kappa shape index (κ1) is 25.5. The minimum atomic E-state index is -3.77. The van der Waals surface area contributed by atoms with Crippen LogP contribution in [0.1, 0.15) is 61.0 Å². The largest absolute Gasteiger partial charge is 0.368 e. The molecule has 2 aliphatic rings. The van der Waals surface area contributed by atoms with E-state index in [2.05, 4.69) is 21.9 Å². The topological polar surface area (TPSA) is 81.8 Å². The van der Waals surface area contributed by atoms with E-state index in [1.54, 1.807) is 18.2 Å². The van der Waals surface area contributed by atoms with Crippen molar-refractivity contribution in [1.82, 2.24) is 10.2 Å². The average molecular weight is 499 g/mol. The summed E-state index contributed by atoms with van der Waals surface area (Å²) in [6.07, 6.45) is 6.12. The molecule has 1 aliphatic heterocycles. The SMILES string of the molecule is CCCCN(CC)C(=O)c1cc(NS(=O)(=O)c2ccc3c(c2)CCCC3)ccc1N1CCNCC1. The number of sulfonamides is 1. The molecule has 0 aromatic heterocycles. The summed E-state index contributed by atoms with van der Waals surface area (Å²) in [7, 11) is -3.77. The number of anilines is 2. The Labute approximate surface area is 209 Å². The molecule has 0 spiro atoms. The molecule has 1 aliphatic carbocycles. The summed E-state index contributed by atoms with van der Waals surface area (Å²) in [4.78, 5) is 17.9. The number of unbranched alkanes of at least 4 members (excludes halogenated alkanes) is 1. The zero-order valence-electron chi connectivity index (χ0n) is 21.0. The maximum Gasteiger partial charge on any atom is 0.261 e. The van der Waals surface area contributed by atoms with E-state index in [-0.39, 0.29) is 10.8 Å². The summed E-state index contributed by atoms with van der Waals surface area (Å²) in [6.45, 7) is 8.73. The van der Waals surface area contributed by atoms with Crippen LogP contribution in [0.2, 0.25) is 0 Å². The van der Waals surface area contributed by atoms with Crippen molar-refractivity contribution in [2.24, 2.45) is 0 Å². The molecule has 0 atom stereocenters. The van der Waals surface area contributed by atoms with Crippen molar-refractivity contribution >= 4 is 27.3 Å². The van der Waals surface area contributed by atoms with E-state index >= 15 is 0 Å². The predicted molar refractivity (Wildman–Crippen MR) is 142 cm³/mol. The third-order valence-corrected chi connectivity index (χ3v) is 8.40. The van der Waals surface area contributed by atoms with Crippen LogP contribution >= 0.6 is 0 Å². The van der Waals surface area contributed by atoms with Crippen LogP contribution in [0.4, 0.5) is 11.4 Å². The monoisotopic (exact) mass is 498 g/mol. The smallest absolute Gasteiger partial charge is 0.261 e. The predicted octanol–water partition coefficient (Wildman–Crippen LogP) is 4.04. The molecule has 35 heavy (non-hydrogen) atoms. The van der Waals surface area contributed by atoms with Gasteiger partial charge >= 0.3 is 0 Å². The van der Waals surface area contributed by atoms with Crippen molar-refractivity contribution in [1.29, 1.82) is 0 Å². The third kappa shape index (κ3) is 5.98. The summed E-state index contributed by atoms with van der Waals surface area (Å²) in [5.74, 6) is -0.0516. The molecule has 1 amide bonds. The summed E-state index contributed by atoms with van der Waals surface area (Å²) in [5, 5.41) is 3.35. The lowest BCUT2D eigenvalue weighted by Crippen LogP contribution is -2.44. The number of fused-ring (bicyclic) bond motifs is 1. The fourth-order valence-corrected chi connectivity index (χ4v) is 6.07. The molecule has 1 saturated heterocycles. The molecule has 0 radical (unpaired) electrons. The molecule has 0 saturated carbocycles. The second kappa shape index (κ2) is 11.4. The molecule has 190 valence electrons. The van der Waals surface area contributed by atoms with E-state index in [1.807, 2.05) is 30.0 Å². The van der Waals surface area contributed by atoms with Gasteiger partial charge in [-0.25, -0.2) is 8.42 Å². The van der Waals surface area contributed by atoms with Gasteiger partial charge < -0.3 is 15.1 Å². The second-order valence-corrected chi connectivity index (χ2v) is 11.1. The normalized spacial score (nSPS) is 16.0. The number of amides is 1. The molecule has 2 aromatic carbocycles. The van der Waals surface area contributed by atoms with Gasteiger partial charge in [0.25, 0.3) is 15.9 Å². The first-order chi connectivity index (χ1) is 16.9. The van der Waals surface area contributed by atoms with Crippen LogP contribution in [0, 0.1) is 0 Å². The highest BCUT2D eigenvalue weighted by Crippen LogP contribution is 2.29. The molecule has 0 bridgehead atoms. The lowest BCUT2D eigenvalue weighted by atomic mass is 9.92. The molecule has 1 heterocycles. The molecule has 2 N–H and O–H groups in total. The Morgan fingerprint density at radius 2 is 1.77 bits per heavy atom. The minimum Gasteiger partial charge on any atom is -0.368 e. The van der Waals surface area contributed by atoms with Gasteiger partial charge in [0.1, 0.15) is 0 Å². The van der Waals surface area contributed by atoms with Gasteiger partial charge in [-0.15, -0.1) is 0 Å². The summed E-state index contributed by atoms with van der Waals surface area (Å²) in [5.41, 5.74) is 4.20. The number of hydrogen-bond acceptors (Lipinski definition) is 5. The standard InChI is InChI=1S/C27H38N4O3S/c1-3-5-16-30(4-2)27(32)25-20-23(11-13-26(25)31-17-14-28-15-18-31)29-35(33,34)24-12-10-21-8-6-7-9-22(21)19-24/h10-13,19-20,28-29H,3-9,14-18H2,1-2H3. The maximum atomic E-state index is 13.6. The van der Waals surface area contributed by atoms with Crippen LogP contribution in [0.5, 0.6) is 0 Å². The van der Waals surface area contributed by atoms with Gasteiger partial charge in [0.2, 0.25) is 0 Å². The van der Waals surface area contributed by atoms with Crippen molar-refractivity contribution in [2.45, 2.75) is 57.3 Å². The van der Waals surface area contributed by atoms with E-state index in [0.717, 1.165) is 76.0 Å². The Kier molecular flexibility index (Phi) is 8.34. The van der Waals surface area contributed by atoms with Crippen molar-refractivity contribution in [3.8, 4) is 0 Å². The number of nitrogens with zero attached hydrogens (tertiary/aromatic N) is 2. The van der Waals surface area contributed by atoms with E-state index in [0.29, 0.717) is 24.3 Å². The fraction of sp³-hybridized carbons (Fsp3) is 0.519. The number of carbonyl (C=O) groups excluding carboxylic acids is 1. The van der Waals surface area contributed by atoms with E-state index in [1.165, 1.54) is 5.56 Å². The highest BCUT2D eigenvalue weighted by atomic mass is 32.2. The number of piperazine rings is 1. The Hall–Kier alpha value is -2.58. The Bertz CT molecular complexity index is 1140. The number of nitrogens with one attached hydrogen (secondary N) is 2. The second-order valence-electron chi connectivity index (χ2n) is 9.45. The summed E-state index contributed by atoms with van der Waals surface area (Å²) < 4.78 is 29.3. The first-order valence-electron chi connectivity index (χ1n) is 13.0. The summed E-state index contributed by atoms with van der Waals surface area (Å²) in [6, 6.07) is 10.8. The van der Waals surface area contributed by atoms with Crippen molar-refractivity contribution in [3.05, 3.63) is 53.1 Å². The van der Waals surface area contributed by atoms with Crippen LogP contribution in [0.25, 0.3) is 0 Å². The highest BCUT2D eigenvalue weighted by Gasteiger charge is 2.24. The van der Waals surface area contributed by atoms with E-state index < -0.39 is 10.0 Å². The lowest BCUT2D eigenvalue weighted by Gasteiger charge is -2.32. The first-order valence-corrected chi connectivity index (χ1v) is 14.4. The number of carbonyl (C=O) groups is 1. The Morgan fingerprint density at radius 3 is 2.49 bits per heavy atom. The molecule has 8 heteroatoms. The molecule has 7 nitrogen and oxygen atoms in total. The third-order valence-electron chi connectivity index (χ3n) is 7.02. The molecule has 4 rings (SSSR count). The number of rotatable bonds is 9. The average Bonchev–Trinajstić information content (AvgIpc) is 2.89. The van der Waals surface area contributed by atoms with Gasteiger partial charge in [0.05, 0.1) is 10.5 Å². The van der Waals surface area contributed by atoms with Gasteiger partial charge in [0.15, 0.2) is 0 Å². The zero-order chi connectivity index (χ0) is 24.8. The molecule has 1 fully saturated rings.